The number of nitrogens with one attached hydrogen (secondary N) is 1. The first-order valence-corrected chi connectivity index (χ1v) is 9.96. The molecule has 0 radical (unpaired) electrons. The number of piperidine rings is 1. The normalized spacial score (nSPS) is 21.6. The molecule has 3 aromatic rings. The van der Waals surface area contributed by atoms with Gasteiger partial charge in [0.2, 0.25) is 5.95 Å². The van der Waals surface area contributed by atoms with Crippen LogP contribution in [0.3, 0.4) is 0 Å². The summed E-state index contributed by atoms with van der Waals surface area (Å²) >= 11 is 0. The Labute approximate surface area is 162 Å². The lowest BCUT2D eigenvalue weighted by Gasteiger charge is -2.40. The molecule has 1 atom stereocenters. The quantitative estimate of drug-likeness (QED) is 0.739. The molecule has 0 amide bonds. The Balaban J connectivity index is 1.49. The largest absolute Gasteiger partial charge is 0.342 e. The van der Waals surface area contributed by atoms with Crippen LogP contribution in [0.25, 0.3) is 22.3 Å². The monoisotopic (exact) mass is 381 g/mol. The maximum absolute atomic E-state index is 13.7. The van der Waals surface area contributed by atoms with Crippen LogP contribution in [0.2, 0.25) is 0 Å². The number of benzene rings is 1. The number of rotatable bonds is 2. The summed E-state index contributed by atoms with van der Waals surface area (Å²) in [5.74, 6) is 0.658. The highest BCUT2D eigenvalue weighted by molar-refractivity contribution is 5.90. The van der Waals surface area contributed by atoms with Gasteiger partial charge >= 0.3 is 0 Å². The Morgan fingerprint density at radius 2 is 1.93 bits per heavy atom. The van der Waals surface area contributed by atoms with Crippen LogP contribution >= 0.6 is 0 Å². The van der Waals surface area contributed by atoms with E-state index in [9.17, 15) is 9.18 Å². The number of nitrogens with zero attached hydrogens (tertiary/aromatic N) is 4. The topological polar surface area (TPSA) is 66.8 Å². The third-order valence-electron chi connectivity index (χ3n) is 6.57. The fraction of sp³-hybridized carbons (Fsp3) is 0.476. The maximum Gasteiger partial charge on any atom is 0.266 e. The van der Waals surface area contributed by atoms with Crippen LogP contribution in [0.5, 0.6) is 0 Å². The van der Waals surface area contributed by atoms with E-state index in [4.69, 9.17) is 4.98 Å². The van der Waals surface area contributed by atoms with Crippen molar-refractivity contribution >= 4 is 17.0 Å². The number of halogens is 1. The molecule has 5 rings (SSSR count). The standard InChI is InChI=1S/C21H24FN5O/c1-26-19(28)16-17(14-5-3-2-4-6-14)24-25-18(16)23-20(26)27-11-9-21(10-12-27)8-7-15(22)13-21/h2-6,15H,7-13H2,1H3,(H,24,25). The van der Waals surface area contributed by atoms with Crippen molar-refractivity contribution in [2.45, 2.75) is 38.3 Å². The van der Waals surface area contributed by atoms with Gasteiger partial charge in [0, 0.05) is 25.7 Å². The van der Waals surface area contributed by atoms with Gasteiger partial charge in [-0.25, -0.2) is 4.39 Å². The average molecular weight is 381 g/mol. The molecule has 7 heteroatoms. The van der Waals surface area contributed by atoms with E-state index in [0.717, 1.165) is 37.9 Å². The van der Waals surface area contributed by atoms with Crippen LogP contribution in [0.15, 0.2) is 35.1 Å². The summed E-state index contributed by atoms with van der Waals surface area (Å²) in [7, 11) is 1.77. The summed E-state index contributed by atoms with van der Waals surface area (Å²) in [6.45, 7) is 1.61. The van der Waals surface area contributed by atoms with Crippen molar-refractivity contribution in [1.82, 2.24) is 19.7 Å². The molecule has 1 saturated carbocycles. The Bertz CT molecular complexity index is 1070. The number of fused-ring (bicyclic) bond motifs is 1. The first-order chi connectivity index (χ1) is 13.6. The SMILES string of the molecule is Cn1c(N2CCC3(CCC(F)C3)CC2)nc2[nH]nc(-c3ccccc3)c2c1=O. The zero-order valence-corrected chi connectivity index (χ0v) is 16.0. The lowest BCUT2D eigenvalue weighted by atomic mass is 9.77. The molecule has 28 heavy (non-hydrogen) atoms. The molecule has 1 spiro atoms. The zero-order valence-electron chi connectivity index (χ0n) is 16.0. The second kappa shape index (κ2) is 6.43. The van der Waals surface area contributed by atoms with Crippen molar-refractivity contribution in [2.75, 3.05) is 18.0 Å². The molecular formula is C21H24FN5O. The molecule has 1 aliphatic heterocycles. The molecule has 2 fully saturated rings. The number of alkyl halides is 1. The van der Waals surface area contributed by atoms with Gasteiger partial charge in [0.15, 0.2) is 5.65 Å². The van der Waals surface area contributed by atoms with Gasteiger partial charge in [-0.15, -0.1) is 0 Å². The Morgan fingerprint density at radius 1 is 1.18 bits per heavy atom. The first-order valence-electron chi connectivity index (χ1n) is 9.96. The molecule has 2 aromatic heterocycles. The number of hydrogen-bond donors (Lipinski definition) is 1. The molecular weight excluding hydrogens is 357 g/mol. The molecule has 1 saturated heterocycles. The lowest BCUT2D eigenvalue weighted by Crippen LogP contribution is -2.42. The van der Waals surface area contributed by atoms with E-state index in [-0.39, 0.29) is 11.0 Å². The van der Waals surface area contributed by atoms with Crippen LogP contribution in [0.1, 0.15) is 32.1 Å². The van der Waals surface area contributed by atoms with Crippen LogP contribution < -0.4 is 10.5 Å². The highest BCUT2D eigenvalue weighted by Crippen LogP contribution is 2.47. The van der Waals surface area contributed by atoms with Crippen molar-refractivity contribution < 1.29 is 4.39 Å². The van der Waals surface area contributed by atoms with Crippen LogP contribution in [-0.2, 0) is 7.05 Å². The first kappa shape index (κ1) is 17.4. The minimum Gasteiger partial charge on any atom is -0.342 e. The van der Waals surface area contributed by atoms with Crippen molar-refractivity contribution in [1.29, 1.82) is 0 Å². The van der Waals surface area contributed by atoms with Gasteiger partial charge in [-0.1, -0.05) is 30.3 Å². The van der Waals surface area contributed by atoms with Gasteiger partial charge < -0.3 is 4.90 Å². The highest BCUT2D eigenvalue weighted by atomic mass is 19.1. The summed E-state index contributed by atoms with van der Waals surface area (Å²) in [4.78, 5) is 20.0. The van der Waals surface area contributed by atoms with Crippen molar-refractivity contribution in [2.24, 2.45) is 12.5 Å². The fourth-order valence-corrected chi connectivity index (χ4v) is 4.91. The molecule has 146 valence electrons. The Kier molecular flexibility index (Phi) is 4.00. The molecule has 0 bridgehead atoms. The number of anilines is 1. The van der Waals surface area contributed by atoms with Crippen LogP contribution in [-0.4, -0.2) is 39.0 Å². The predicted octanol–water partition coefficient (Wildman–Crippen LogP) is 3.43. The number of aromatic amines is 1. The summed E-state index contributed by atoms with van der Waals surface area (Å²) in [5.41, 5.74) is 2.09. The van der Waals surface area contributed by atoms with Gasteiger partial charge in [0.05, 0.1) is 0 Å². The minimum absolute atomic E-state index is 0.0995. The highest BCUT2D eigenvalue weighted by Gasteiger charge is 2.42. The van der Waals surface area contributed by atoms with E-state index in [1.807, 2.05) is 30.3 Å². The molecule has 2 aliphatic rings. The molecule has 1 unspecified atom stereocenters. The number of H-pyrrole nitrogens is 1. The third kappa shape index (κ3) is 2.72. The summed E-state index contributed by atoms with van der Waals surface area (Å²) in [5, 5.41) is 7.81. The summed E-state index contributed by atoms with van der Waals surface area (Å²) < 4.78 is 15.3. The second-order valence-electron chi connectivity index (χ2n) is 8.26. The molecule has 1 aromatic carbocycles. The van der Waals surface area contributed by atoms with Crippen LogP contribution in [0.4, 0.5) is 10.3 Å². The van der Waals surface area contributed by atoms with E-state index < -0.39 is 6.17 Å². The van der Waals surface area contributed by atoms with E-state index in [1.54, 1.807) is 11.6 Å². The zero-order chi connectivity index (χ0) is 19.3. The summed E-state index contributed by atoms with van der Waals surface area (Å²) in [6, 6.07) is 9.67. The average Bonchev–Trinajstić information content (AvgIpc) is 3.30. The van der Waals surface area contributed by atoms with Gasteiger partial charge in [0.1, 0.15) is 17.3 Å². The third-order valence-corrected chi connectivity index (χ3v) is 6.57. The molecule has 6 nitrogen and oxygen atoms in total. The minimum atomic E-state index is -0.646. The van der Waals surface area contributed by atoms with Crippen molar-refractivity contribution in [3.63, 3.8) is 0 Å². The Morgan fingerprint density at radius 3 is 2.61 bits per heavy atom. The predicted molar refractivity (Wildman–Crippen MR) is 107 cm³/mol. The van der Waals surface area contributed by atoms with Crippen molar-refractivity contribution in [3.05, 3.63) is 40.7 Å². The fourth-order valence-electron chi connectivity index (χ4n) is 4.91. The number of aromatic nitrogens is 4. The van der Waals surface area contributed by atoms with E-state index >= 15 is 0 Å². The number of hydrogen-bond acceptors (Lipinski definition) is 4. The molecule has 1 N–H and O–H groups in total. The van der Waals surface area contributed by atoms with Gasteiger partial charge in [0.25, 0.3) is 5.56 Å². The Hall–Kier alpha value is -2.70. The van der Waals surface area contributed by atoms with Gasteiger partial charge in [-0.05, 0) is 37.5 Å². The maximum atomic E-state index is 13.7. The summed E-state index contributed by atoms with van der Waals surface area (Å²) in [6.07, 6.45) is 3.63. The smallest absolute Gasteiger partial charge is 0.266 e. The van der Waals surface area contributed by atoms with E-state index in [1.165, 1.54) is 0 Å². The van der Waals surface area contributed by atoms with E-state index in [2.05, 4.69) is 15.1 Å². The van der Waals surface area contributed by atoms with Gasteiger partial charge in [-0.2, -0.15) is 10.1 Å². The lowest BCUT2D eigenvalue weighted by molar-refractivity contribution is 0.203. The van der Waals surface area contributed by atoms with E-state index in [0.29, 0.717) is 35.5 Å². The molecule has 3 heterocycles. The van der Waals surface area contributed by atoms with Crippen molar-refractivity contribution in [3.8, 4) is 11.3 Å². The van der Waals surface area contributed by atoms with Crippen LogP contribution in [0, 0.1) is 5.41 Å². The van der Waals surface area contributed by atoms with Gasteiger partial charge in [-0.3, -0.25) is 14.5 Å². The molecule has 1 aliphatic carbocycles. The second-order valence-corrected chi connectivity index (χ2v) is 8.26.